The van der Waals surface area contributed by atoms with Crippen molar-refractivity contribution in [3.63, 3.8) is 0 Å². The van der Waals surface area contributed by atoms with E-state index in [1.165, 1.54) is 11.1 Å². The van der Waals surface area contributed by atoms with Gasteiger partial charge in [-0.2, -0.15) is 11.8 Å². The van der Waals surface area contributed by atoms with Gasteiger partial charge in [0.25, 0.3) is 0 Å². The Morgan fingerprint density at radius 3 is 2.62 bits per heavy atom. The van der Waals surface area contributed by atoms with Gasteiger partial charge in [0, 0.05) is 25.9 Å². The smallest absolute Gasteiger partial charge is 0.191 e. The summed E-state index contributed by atoms with van der Waals surface area (Å²) in [6.45, 7) is 3.85. The molecule has 0 saturated heterocycles. The number of ether oxygens (including phenoxy) is 1. The van der Waals surface area contributed by atoms with Crippen LogP contribution in [0.15, 0.2) is 23.2 Å². The Hall–Kier alpha value is -0.630. The molecule has 0 radical (unpaired) electrons. The highest BCUT2D eigenvalue weighted by molar-refractivity contribution is 14.0. The van der Waals surface area contributed by atoms with Crippen LogP contribution in [-0.2, 0) is 6.42 Å². The van der Waals surface area contributed by atoms with Crippen LogP contribution in [-0.4, -0.2) is 45.2 Å². The van der Waals surface area contributed by atoms with Crippen LogP contribution < -0.4 is 15.4 Å². The predicted molar refractivity (Wildman–Crippen MR) is 105 cm³/mol. The van der Waals surface area contributed by atoms with Crippen molar-refractivity contribution in [3.05, 3.63) is 29.3 Å². The van der Waals surface area contributed by atoms with Crippen LogP contribution in [0.3, 0.4) is 0 Å². The first-order valence-electron chi connectivity index (χ1n) is 6.78. The molecule has 0 aromatic heterocycles. The van der Waals surface area contributed by atoms with Gasteiger partial charge < -0.3 is 15.4 Å². The fourth-order valence-corrected chi connectivity index (χ4v) is 2.22. The Balaban J connectivity index is 0.00000400. The van der Waals surface area contributed by atoms with Crippen molar-refractivity contribution in [1.82, 2.24) is 10.6 Å². The minimum Gasteiger partial charge on any atom is -0.496 e. The van der Waals surface area contributed by atoms with E-state index in [9.17, 15) is 0 Å². The van der Waals surface area contributed by atoms with Crippen LogP contribution in [0, 0.1) is 6.92 Å². The van der Waals surface area contributed by atoms with Crippen molar-refractivity contribution in [3.8, 4) is 5.75 Å². The lowest BCUT2D eigenvalue weighted by Crippen LogP contribution is -2.39. The van der Waals surface area contributed by atoms with Crippen LogP contribution in [0.25, 0.3) is 0 Å². The van der Waals surface area contributed by atoms with E-state index in [4.69, 9.17) is 4.74 Å². The zero-order valence-electron chi connectivity index (χ0n) is 13.2. The molecule has 0 aliphatic carbocycles. The van der Waals surface area contributed by atoms with Crippen molar-refractivity contribution in [1.29, 1.82) is 0 Å². The van der Waals surface area contributed by atoms with Gasteiger partial charge in [0.2, 0.25) is 0 Å². The van der Waals surface area contributed by atoms with E-state index in [-0.39, 0.29) is 24.0 Å². The second-order valence-corrected chi connectivity index (χ2v) is 5.47. The summed E-state index contributed by atoms with van der Waals surface area (Å²) in [4.78, 5) is 4.21. The van der Waals surface area contributed by atoms with E-state index in [2.05, 4.69) is 40.9 Å². The summed E-state index contributed by atoms with van der Waals surface area (Å²) in [5.74, 6) is 2.88. The number of halogens is 1. The van der Waals surface area contributed by atoms with Gasteiger partial charge in [-0.25, -0.2) is 0 Å². The SMILES string of the molecule is CN=C(NCCSC)NCCc1cc(C)ccc1OC.I. The van der Waals surface area contributed by atoms with Crippen molar-refractivity contribution in [2.24, 2.45) is 4.99 Å². The third kappa shape index (κ3) is 7.80. The highest BCUT2D eigenvalue weighted by Gasteiger charge is 2.03. The number of methoxy groups -OCH3 is 1. The third-order valence-electron chi connectivity index (χ3n) is 2.94. The molecule has 0 atom stereocenters. The molecule has 0 amide bonds. The Morgan fingerprint density at radius 1 is 1.29 bits per heavy atom. The number of aliphatic imine (C=N–C) groups is 1. The molecule has 1 aromatic rings. The van der Waals surface area contributed by atoms with E-state index in [0.717, 1.165) is 37.0 Å². The average Bonchev–Trinajstić information content (AvgIpc) is 2.46. The van der Waals surface area contributed by atoms with Gasteiger partial charge in [0.05, 0.1) is 7.11 Å². The lowest BCUT2D eigenvalue weighted by Gasteiger charge is -2.13. The Bertz CT molecular complexity index is 441. The van der Waals surface area contributed by atoms with E-state index < -0.39 is 0 Å². The van der Waals surface area contributed by atoms with Crippen molar-refractivity contribution >= 4 is 41.7 Å². The number of guanidine groups is 1. The molecule has 2 N–H and O–H groups in total. The molecule has 0 fully saturated rings. The lowest BCUT2D eigenvalue weighted by molar-refractivity contribution is 0.409. The molecule has 21 heavy (non-hydrogen) atoms. The first-order valence-corrected chi connectivity index (χ1v) is 8.17. The van der Waals surface area contributed by atoms with E-state index >= 15 is 0 Å². The van der Waals surface area contributed by atoms with Gasteiger partial charge in [0.15, 0.2) is 5.96 Å². The van der Waals surface area contributed by atoms with Crippen LogP contribution in [0.4, 0.5) is 0 Å². The molecule has 1 rings (SSSR count). The zero-order valence-corrected chi connectivity index (χ0v) is 16.4. The maximum absolute atomic E-state index is 5.39. The van der Waals surface area contributed by atoms with Crippen LogP contribution >= 0.6 is 35.7 Å². The molecule has 1 aromatic carbocycles. The Labute approximate surface area is 149 Å². The molecule has 0 bridgehead atoms. The first kappa shape index (κ1) is 20.4. The maximum atomic E-state index is 5.39. The summed E-state index contributed by atoms with van der Waals surface area (Å²) in [5.41, 5.74) is 2.47. The fourth-order valence-electron chi connectivity index (χ4n) is 1.91. The third-order valence-corrected chi connectivity index (χ3v) is 3.56. The quantitative estimate of drug-likeness (QED) is 0.307. The van der Waals surface area contributed by atoms with Crippen LogP contribution in [0.5, 0.6) is 5.75 Å². The minimum absolute atomic E-state index is 0. The first-order chi connectivity index (χ1) is 9.71. The summed E-state index contributed by atoms with van der Waals surface area (Å²) in [7, 11) is 3.51. The number of nitrogens with one attached hydrogen (secondary N) is 2. The number of rotatable bonds is 7. The van der Waals surface area contributed by atoms with E-state index in [1.54, 1.807) is 14.2 Å². The van der Waals surface area contributed by atoms with Gasteiger partial charge in [-0.05, 0) is 31.2 Å². The minimum atomic E-state index is 0. The molecule has 0 spiro atoms. The van der Waals surface area contributed by atoms with Gasteiger partial charge in [0.1, 0.15) is 5.75 Å². The summed E-state index contributed by atoms with van der Waals surface area (Å²) >= 11 is 1.82. The maximum Gasteiger partial charge on any atom is 0.191 e. The molecule has 0 aliphatic heterocycles. The molecule has 120 valence electrons. The molecule has 0 aliphatic rings. The number of aryl methyl sites for hydroxylation is 1. The number of nitrogens with zero attached hydrogens (tertiary/aromatic N) is 1. The second kappa shape index (κ2) is 12.0. The van der Waals surface area contributed by atoms with Crippen molar-refractivity contribution < 1.29 is 4.74 Å². The summed E-state index contributed by atoms with van der Waals surface area (Å²) in [6, 6.07) is 6.26. The number of hydrogen-bond donors (Lipinski definition) is 2. The van der Waals surface area contributed by atoms with Gasteiger partial charge in [-0.3, -0.25) is 4.99 Å². The molecule has 0 saturated carbocycles. The summed E-state index contributed by atoms with van der Waals surface area (Å²) in [5, 5.41) is 6.61. The summed E-state index contributed by atoms with van der Waals surface area (Å²) < 4.78 is 5.39. The Morgan fingerprint density at radius 2 is 2.00 bits per heavy atom. The van der Waals surface area contributed by atoms with Gasteiger partial charge in [-0.15, -0.1) is 24.0 Å². The number of benzene rings is 1. The van der Waals surface area contributed by atoms with Crippen molar-refractivity contribution in [2.75, 3.05) is 39.3 Å². The van der Waals surface area contributed by atoms with Gasteiger partial charge in [-0.1, -0.05) is 17.7 Å². The molecular formula is C15H26IN3OS. The largest absolute Gasteiger partial charge is 0.496 e. The van der Waals surface area contributed by atoms with Gasteiger partial charge >= 0.3 is 0 Å². The molecular weight excluding hydrogens is 397 g/mol. The lowest BCUT2D eigenvalue weighted by atomic mass is 10.1. The highest BCUT2D eigenvalue weighted by Crippen LogP contribution is 2.19. The monoisotopic (exact) mass is 423 g/mol. The molecule has 0 unspecified atom stereocenters. The van der Waals surface area contributed by atoms with Crippen LogP contribution in [0.1, 0.15) is 11.1 Å². The van der Waals surface area contributed by atoms with Crippen molar-refractivity contribution in [2.45, 2.75) is 13.3 Å². The Kier molecular flexibility index (Phi) is 11.6. The highest BCUT2D eigenvalue weighted by atomic mass is 127. The molecule has 4 nitrogen and oxygen atoms in total. The normalized spacial score (nSPS) is 10.8. The van der Waals surface area contributed by atoms with E-state index in [1.807, 2.05) is 17.8 Å². The molecule has 6 heteroatoms. The summed E-state index contributed by atoms with van der Waals surface area (Å²) in [6.07, 6.45) is 3.01. The topological polar surface area (TPSA) is 45.7 Å². The standard InChI is InChI=1S/C15H25N3OS.HI/c1-12-5-6-14(19-3)13(11-12)7-8-17-15(16-2)18-9-10-20-4;/h5-6,11H,7-10H2,1-4H3,(H2,16,17,18);1H. The number of hydrogen-bond acceptors (Lipinski definition) is 3. The molecule has 0 heterocycles. The predicted octanol–water partition coefficient (Wildman–Crippen LogP) is 2.69. The average molecular weight is 423 g/mol. The van der Waals surface area contributed by atoms with E-state index in [0.29, 0.717) is 0 Å². The second-order valence-electron chi connectivity index (χ2n) is 4.48. The zero-order chi connectivity index (χ0) is 14.8. The number of thioether (sulfide) groups is 1. The fraction of sp³-hybridized carbons (Fsp3) is 0.533. The van der Waals surface area contributed by atoms with Crippen LogP contribution in [0.2, 0.25) is 0 Å².